The van der Waals surface area contributed by atoms with Crippen molar-refractivity contribution in [3.63, 3.8) is 0 Å². The van der Waals surface area contributed by atoms with E-state index < -0.39 is 11.5 Å². The van der Waals surface area contributed by atoms with Gasteiger partial charge in [-0.15, -0.1) is 0 Å². The molecular weight excluding hydrogens is 416 g/mol. The fourth-order valence-corrected chi connectivity index (χ4v) is 3.16. The minimum atomic E-state index is -0.555. The van der Waals surface area contributed by atoms with Crippen molar-refractivity contribution in [1.29, 1.82) is 0 Å². The fourth-order valence-electron chi connectivity index (χ4n) is 2.94. The number of rotatable bonds is 6. The monoisotopic (exact) mass is 438 g/mol. The lowest BCUT2D eigenvalue weighted by molar-refractivity contribution is -0.117. The van der Waals surface area contributed by atoms with Crippen molar-refractivity contribution in [3.05, 3.63) is 75.0 Å². The topological polar surface area (TPSA) is 93.1 Å². The maximum atomic E-state index is 12.8. The molecule has 3 rings (SSSR count). The summed E-state index contributed by atoms with van der Waals surface area (Å²) in [5.74, 6) is -0.722. The molecule has 0 spiro atoms. The molecule has 1 heterocycles. The standard InChI is InChI=1S/C23H23ClN4O3/c1-4-21(29)26-20-12-19(16-7-5-14(2)6-8-16)27-28(23(20)31)13-22(30)25-18-10-9-17(24)11-15(18)3/h5-12H,4,13H2,1-3H3,(H,25,30)(H,26,29). The Morgan fingerprint density at radius 3 is 2.29 bits per heavy atom. The van der Waals surface area contributed by atoms with Crippen molar-refractivity contribution in [2.75, 3.05) is 10.6 Å². The molecule has 0 unspecified atom stereocenters. The molecule has 0 saturated carbocycles. The maximum Gasteiger partial charge on any atom is 0.291 e. The summed E-state index contributed by atoms with van der Waals surface area (Å²) in [5.41, 5.74) is 3.23. The molecule has 2 amide bonds. The van der Waals surface area contributed by atoms with Gasteiger partial charge in [0.1, 0.15) is 12.2 Å². The van der Waals surface area contributed by atoms with Crippen LogP contribution in [0.15, 0.2) is 53.3 Å². The molecule has 0 aliphatic heterocycles. The fraction of sp³-hybridized carbons (Fsp3) is 0.217. The van der Waals surface area contributed by atoms with E-state index in [0.717, 1.165) is 21.4 Å². The molecule has 0 saturated heterocycles. The molecule has 2 aromatic carbocycles. The smallest absolute Gasteiger partial charge is 0.291 e. The second-order valence-electron chi connectivity index (χ2n) is 7.18. The van der Waals surface area contributed by atoms with Crippen molar-refractivity contribution in [3.8, 4) is 11.3 Å². The van der Waals surface area contributed by atoms with Crippen molar-refractivity contribution >= 4 is 34.8 Å². The van der Waals surface area contributed by atoms with Gasteiger partial charge in [-0.1, -0.05) is 48.4 Å². The average Bonchev–Trinajstić information content (AvgIpc) is 2.73. The van der Waals surface area contributed by atoms with Gasteiger partial charge in [0.05, 0.1) is 5.69 Å². The lowest BCUT2D eigenvalue weighted by Gasteiger charge is -2.13. The normalized spacial score (nSPS) is 10.6. The molecule has 0 aliphatic carbocycles. The Labute approximate surface area is 185 Å². The summed E-state index contributed by atoms with van der Waals surface area (Å²) in [5, 5.41) is 10.3. The number of aromatic nitrogens is 2. The summed E-state index contributed by atoms with van der Waals surface area (Å²) in [7, 11) is 0. The molecular formula is C23H23ClN4O3. The zero-order valence-corrected chi connectivity index (χ0v) is 18.3. The molecule has 2 N–H and O–H groups in total. The first-order chi connectivity index (χ1) is 14.8. The van der Waals surface area contributed by atoms with E-state index in [1.165, 1.54) is 6.07 Å². The first-order valence-electron chi connectivity index (χ1n) is 9.82. The van der Waals surface area contributed by atoms with E-state index in [9.17, 15) is 14.4 Å². The van der Waals surface area contributed by atoms with E-state index in [2.05, 4.69) is 15.7 Å². The summed E-state index contributed by atoms with van der Waals surface area (Å²) < 4.78 is 1.06. The minimum absolute atomic E-state index is 0.0768. The number of nitrogens with one attached hydrogen (secondary N) is 2. The van der Waals surface area contributed by atoms with E-state index in [4.69, 9.17) is 11.6 Å². The number of amides is 2. The first-order valence-corrected chi connectivity index (χ1v) is 10.2. The summed E-state index contributed by atoms with van der Waals surface area (Å²) in [6.45, 7) is 5.17. The Morgan fingerprint density at radius 1 is 0.968 bits per heavy atom. The van der Waals surface area contributed by atoms with Gasteiger partial charge in [0.2, 0.25) is 11.8 Å². The molecule has 31 heavy (non-hydrogen) atoms. The van der Waals surface area contributed by atoms with Crippen LogP contribution < -0.4 is 16.2 Å². The molecule has 0 atom stereocenters. The summed E-state index contributed by atoms with van der Waals surface area (Å²) in [4.78, 5) is 37.4. The Balaban J connectivity index is 1.95. The average molecular weight is 439 g/mol. The van der Waals surface area contributed by atoms with Crippen molar-refractivity contribution in [2.24, 2.45) is 0 Å². The first kappa shape index (κ1) is 22.2. The third-order valence-corrected chi connectivity index (χ3v) is 4.91. The Bertz CT molecular complexity index is 1190. The molecule has 7 nitrogen and oxygen atoms in total. The van der Waals surface area contributed by atoms with E-state index in [1.54, 1.807) is 25.1 Å². The zero-order valence-electron chi connectivity index (χ0n) is 17.5. The highest BCUT2D eigenvalue weighted by molar-refractivity contribution is 6.30. The van der Waals surface area contributed by atoms with Crippen molar-refractivity contribution < 1.29 is 9.59 Å². The summed E-state index contributed by atoms with van der Waals surface area (Å²) >= 11 is 5.96. The van der Waals surface area contributed by atoms with Gasteiger partial charge in [-0.05, 0) is 43.7 Å². The number of halogens is 1. The highest BCUT2D eigenvalue weighted by Crippen LogP contribution is 2.21. The Kier molecular flexibility index (Phi) is 6.87. The number of benzene rings is 2. The molecule has 1 aromatic heterocycles. The number of hydrogen-bond acceptors (Lipinski definition) is 4. The predicted octanol–water partition coefficient (Wildman–Crippen LogP) is 4.17. The number of aryl methyl sites for hydroxylation is 2. The Hall–Kier alpha value is -3.45. The van der Waals surface area contributed by atoms with Gasteiger partial charge in [0, 0.05) is 22.7 Å². The molecule has 3 aromatic rings. The predicted molar refractivity (Wildman–Crippen MR) is 122 cm³/mol. The van der Waals surface area contributed by atoms with E-state index >= 15 is 0 Å². The van der Waals surface area contributed by atoms with Gasteiger partial charge >= 0.3 is 0 Å². The van der Waals surface area contributed by atoms with Crippen LogP contribution in [0.25, 0.3) is 11.3 Å². The van der Waals surface area contributed by atoms with E-state index in [0.29, 0.717) is 16.4 Å². The van der Waals surface area contributed by atoms with Crippen LogP contribution >= 0.6 is 11.6 Å². The lowest BCUT2D eigenvalue weighted by Crippen LogP contribution is -2.32. The molecule has 0 aliphatic rings. The van der Waals surface area contributed by atoms with Gasteiger partial charge < -0.3 is 10.6 Å². The van der Waals surface area contributed by atoms with E-state index in [1.807, 2.05) is 38.1 Å². The summed E-state index contributed by atoms with van der Waals surface area (Å²) in [6, 6.07) is 14.2. The molecule has 160 valence electrons. The van der Waals surface area contributed by atoms with Crippen LogP contribution in [-0.2, 0) is 16.1 Å². The molecule has 8 heteroatoms. The second-order valence-corrected chi connectivity index (χ2v) is 7.62. The quantitative estimate of drug-likeness (QED) is 0.604. The van der Waals surface area contributed by atoms with Crippen LogP contribution in [0.5, 0.6) is 0 Å². The van der Waals surface area contributed by atoms with Gasteiger partial charge in [-0.3, -0.25) is 14.4 Å². The third kappa shape index (κ3) is 5.58. The van der Waals surface area contributed by atoms with Gasteiger partial charge in [-0.2, -0.15) is 5.10 Å². The SMILES string of the molecule is CCC(=O)Nc1cc(-c2ccc(C)cc2)nn(CC(=O)Nc2ccc(Cl)cc2C)c1=O. The minimum Gasteiger partial charge on any atom is -0.324 e. The zero-order chi connectivity index (χ0) is 22.5. The van der Waals surface area contributed by atoms with Crippen LogP contribution in [-0.4, -0.2) is 21.6 Å². The summed E-state index contributed by atoms with van der Waals surface area (Å²) in [6.07, 6.45) is 0.220. The number of carbonyl (C=O) groups is 2. The van der Waals surface area contributed by atoms with Crippen LogP contribution in [0.2, 0.25) is 5.02 Å². The van der Waals surface area contributed by atoms with Gasteiger partial charge in [0.15, 0.2) is 0 Å². The van der Waals surface area contributed by atoms with Crippen molar-refractivity contribution in [2.45, 2.75) is 33.7 Å². The third-order valence-electron chi connectivity index (χ3n) is 4.67. The highest BCUT2D eigenvalue weighted by Gasteiger charge is 2.15. The van der Waals surface area contributed by atoms with Gasteiger partial charge in [0.25, 0.3) is 5.56 Å². The number of hydrogen-bond donors (Lipinski definition) is 2. The number of anilines is 2. The van der Waals surface area contributed by atoms with Crippen molar-refractivity contribution in [1.82, 2.24) is 9.78 Å². The molecule has 0 bridgehead atoms. The number of carbonyl (C=O) groups excluding carboxylic acids is 2. The van der Waals surface area contributed by atoms with Crippen LogP contribution in [0.4, 0.5) is 11.4 Å². The Morgan fingerprint density at radius 2 is 1.65 bits per heavy atom. The van der Waals surface area contributed by atoms with Crippen LogP contribution in [0.1, 0.15) is 24.5 Å². The maximum absolute atomic E-state index is 12.8. The highest BCUT2D eigenvalue weighted by atomic mass is 35.5. The molecule has 0 fully saturated rings. The lowest BCUT2D eigenvalue weighted by atomic mass is 10.1. The molecule has 0 radical (unpaired) electrons. The number of nitrogens with zero attached hydrogens (tertiary/aromatic N) is 2. The second kappa shape index (κ2) is 9.57. The largest absolute Gasteiger partial charge is 0.324 e. The van der Waals surface area contributed by atoms with E-state index in [-0.39, 0.29) is 24.6 Å². The van der Waals surface area contributed by atoms with Crippen LogP contribution in [0, 0.1) is 13.8 Å². The van der Waals surface area contributed by atoms with Crippen LogP contribution in [0.3, 0.4) is 0 Å². The van der Waals surface area contributed by atoms with Gasteiger partial charge in [-0.25, -0.2) is 4.68 Å².